The number of aryl methyl sites for hydroxylation is 2. The van der Waals surface area contributed by atoms with Crippen LogP contribution < -0.4 is 9.62 Å². The molecule has 0 spiro atoms. The van der Waals surface area contributed by atoms with Crippen LogP contribution in [-0.4, -0.2) is 27.6 Å². The molecule has 0 atom stereocenters. The van der Waals surface area contributed by atoms with E-state index in [9.17, 15) is 13.2 Å². The number of amides is 1. The van der Waals surface area contributed by atoms with Gasteiger partial charge in [-0.3, -0.25) is 9.10 Å². The Morgan fingerprint density at radius 1 is 1.08 bits per heavy atom. The van der Waals surface area contributed by atoms with Crippen LogP contribution in [0.5, 0.6) is 0 Å². The van der Waals surface area contributed by atoms with Crippen molar-refractivity contribution in [2.75, 3.05) is 22.9 Å². The van der Waals surface area contributed by atoms with Gasteiger partial charge in [0.2, 0.25) is 15.9 Å². The highest BCUT2D eigenvalue weighted by atomic mass is 32.2. The average molecular weight is 346 g/mol. The van der Waals surface area contributed by atoms with E-state index in [1.165, 1.54) is 11.4 Å². The minimum atomic E-state index is -3.29. The van der Waals surface area contributed by atoms with Gasteiger partial charge in [-0.1, -0.05) is 24.3 Å². The lowest BCUT2D eigenvalue weighted by atomic mass is 10.1. The van der Waals surface area contributed by atoms with Gasteiger partial charge in [-0.15, -0.1) is 0 Å². The van der Waals surface area contributed by atoms with Gasteiger partial charge in [0, 0.05) is 12.7 Å². The number of anilines is 2. The maximum Gasteiger partial charge on any atom is 0.231 e. The second-order valence-electron chi connectivity index (χ2n) is 5.94. The lowest BCUT2D eigenvalue weighted by Crippen LogP contribution is -2.24. The molecular weight excluding hydrogens is 324 g/mol. The van der Waals surface area contributed by atoms with Gasteiger partial charge >= 0.3 is 0 Å². The molecule has 0 radical (unpaired) electrons. The van der Waals surface area contributed by atoms with Crippen molar-refractivity contribution in [1.29, 1.82) is 0 Å². The normalized spacial score (nSPS) is 11.2. The monoisotopic (exact) mass is 346 g/mol. The largest absolute Gasteiger partial charge is 0.326 e. The fourth-order valence-corrected chi connectivity index (χ4v) is 2.77. The predicted octanol–water partition coefficient (Wildman–Crippen LogP) is 2.88. The molecule has 0 saturated carbocycles. The maximum absolute atomic E-state index is 12.2. The number of hydrogen-bond acceptors (Lipinski definition) is 3. The molecule has 128 valence electrons. The summed E-state index contributed by atoms with van der Waals surface area (Å²) in [6.45, 7) is 3.93. The van der Waals surface area contributed by atoms with Gasteiger partial charge in [0.1, 0.15) is 0 Å². The average Bonchev–Trinajstić information content (AvgIpc) is 2.50. The van der Waals surface area contributed by atoms with Gasteiger partial charge in [0.25, 0.3) is 0 Å². The molecule has 0 aromatic heterocycles. The van der Waals surface area contributed by atoms with Crippen LogP contribution in [0.4, 0.5) is 11.4 Å². The lowest BCUT2D eigenvalue weighted by Gasteiger charge is -2.16. The van der Waals surface area contributed by atoms with Crippen LogP contribution in [-0.2, 0) is 21.2 Å². The van der Waals surface area contributed by atoms with Crippen LogP contribution >= 0.6 is 0 Å². The Balaban J connectivity index is 2.06. The summed E-state index contributed by atoms with van der Waals surface area (Å²) in [6.07, 6.45) is 1.38. The van der Waals surface area contributed by atoms with Crippen molar-refractivity contribution in [3.8, 4) is 0 Å². The molecule has 2 aromatic carbocycles. The van der Waals surface area contributed by atoms with Crippen molar-refractivity contribution < 1.29 is 13.2 Å². The Hall–Kier alpha value is -2.34. The molecule has 0 aliphatic carbocycles. The molecule has 24 heavy (non-hydrogen) atoms. The minimum absolute atomic E-state index is 0.104. The third-order valence-corrected chi connectivity index (χ3v) is 5.04. The number of carbonyl (C=O) groups excluding carboxylic acids is 1. The first-order chi connectivity index (χ1) is 11.2. The van der Waals surface area contributed by atoms with Gasteiger partial charge in [-0.05, 0) is 48.7 Å². The van der Waals surface area contributed by atoms with Crippen molar-refractivity contribution in [3.63, 3.8) is 0 Å². The van der Waals surface area contributed by atoms with Crippen LogP contribution in [0.15, 0.2) is 42.5 Å². The Morgan fingerprint density at radius 3 is 2.29 bits per heavy atom. The van der Waals surface area contributed by atoms with E-state index in [-0.39, 0.29) is 12.3 Å². The topological polar surface area (TPSA) is 66.5 Å². The number of hydrogen-bond donors (Lipinski definition) is 1. The van der Waals surface area contributed by atoms with Gasteiger partial charge in [0.05, 0.1) is 18.4 Å². The van der Waals surface area contributed by atoms with Crippen LogP contribution in [0.3, 0.4) is 0 Å². The molecule has 2 aromatic rings. The van der Waals surface area contributed by atoms with E-state index < -0.39 is 10.0 Å². The number of benzene rings is 2. The van der Waals surface area contributed by atoms with E-state index in [0.29, 0.717) is 5.69 Å². The number of nitrogens with one attached hydrogen (secondary N) is 1. The van der Waals surface area contributed by atoms with E-state index in [4.69, 9.17) is 0 Å². The molecule has 0 aliphatic heterocycles. The fraction of sp³-hybridized carbons (Fsp3) is 0.278. The summed E-state index contributed by atoms with van der Waals surface area (Å²) < 4.78 is 24.2. The third-order valence-electron chi connectivity index (χ3n) is 3.83. The van der Waals surface area contributed by atoms with Crippen LogP contribution in [0, 0.1) is 13.8 Å². The second-order valence-corrected chi connectivity index (χ2v) is 7.95. The quantitative estimate of drug-likeness (QED) is 0.905. The number of nitrogens with zero attached hydrogens (tertiary/aromatic N) is 1. The molecule has 1 amide bonds. The molecule has 5 nitrogen and oxygen atoms in total. The first kappa shape index (κ1) is 18.0. The van der Waals surface area contributed by atoms with Gasteiger partial charge in [-0.25, -0.2) is 8.42 Å². The fourth-order valence-electron chi connectivity index (χ4n) is 2.27. The van der Waals surface area contributed by atoms with Crippen molar-refractivity contribution >= 4 is 27.3 Å². The lowest BCUT2D eigenvalue weighted by molar-refractivity contribution is -0.115. The molecule has 0 fully saturated rings. The van der Waals surface area contributed by atoms with E-state index >= 15 is 0 Å². The molecule has 0 unspecified atom stereocenters. The summed E-state index contributed by atoms with van der Waals surface area (Å²) in [5.74, 6) is -0.104. The second kappa shape index (κ2) is 7.05. The highest BCUT2D eigenvalue weighted by molar-refractivity contribution is 7.92. The van der Waals surface area contributed by atoms with E-state index in [2.05, 4.69) is 5.32 Å². The van der Waals surface area contributed by atoms with Crippen molar-refractivity contribution in [1.82, 2.24) is 0 Å². The SMILES string of the molecule is Cc1ccc(C)c(NC(=O)Cc2ccc(N(C)S(C)(=O)=O)cc2)c1. The van der Waals surface area contributed by atoms with Crippen LogP contribution in [0.25, 0.3) is 0 Å². The molecule has 2 rings (SSSR count). The van der Waals surface area contributed by atoms with E-state index in [1.54, 1.807) is 24.3 Å². The summed E-state index contributed by atoms with van der Waals surface area (Å²) in [5, 5.41) is 2.92. The number of carbonyl (C=O) groups is 1. The summed E-state index contributed by atoms with van der Waals surface area (Å²) in [4.78, 5) is 12.2. The highest BCUT2D eigenvalue weighted by Gasteiger charge is 2.12. The Morgan fingerprint density at radius 2 is 1.71 bits per heavy atom. The summed E-state index contributed by atoms with van der Waals surface area (Å²) in [7, 11) is -1.79. The van der Waals surface area contributed by atoms with E-state index in [0.717, 1.165) is 28.6 Å². The molecule has 0 aliphatic rings. The maximum atomic E-state index is 12.2. The smallest absolute Gasteiger partial charge is 0.231 e. The van der Waals surface area contributed by atoms with Crippen molar-refractivity contribution in [3.05, 3.63) is 59.2 Å². The van der Waals surface area contributed by atoms with Gasteiger partial charge < -0.3 is 5.32 Å². The minimum Gasteiger partial charge on any atom is -0.326 e. The summed E-state index contributed by atoms with van der Waals surface area (Å²) in [6, 6.07) is 12.8. The molecule has 0 heterocycles. The number of rotatable bonds is 5. The molecule has 1 N–H and O–H groups in total. The zero-order valence-corrected chi connectivity index (χ0v) is 15.1. The summed E-state index contributed by atoms with van der Waals surface area (Å²) in [5.41, 5.74) is 4.30. The van der Waals surface area contributed by atoms with E-state index in [1.807, 2.05) is 32.0 Å². The molecule has 0 saturated heterocycles. The summed E-state index contributed by atoms with van der Waals surface area (Å²) >= 11 is 0. The molecule has 6 heteroatoms. The third kappa shape index (κ3) is 4.58. The standard InChI is InChI=1S/C18H22N2O3S/c1-13-5-6-14(2)17(11-13)19-18(21)12-15-7-9-16(10-8-15)20(3)24(4,22)23/h5-11H,12H2,1-4H3,(H,19,21). The zero-order valence-electron chi connectivity index (χ0n) is 14.3. The van der Waals surface area contributed by atoms with Crippen molar-refractivity contribution in [2.45, 2.75) is 20.3 Å². The van der Waals surface area contributed by atoms with Gasteiger partial charge in [0.15, 0.2) is 0 Å². The first-order valence-electron chi connectivity index (χ1n) is 7.57. The van der Waals surface area contributed by atoms with Gasteiger partial charge in [-0.2, -0.15) is 0 Å². The van der Waals surface area contributed by atoms with Crippen LogP contribution in [0.2, 0.25) is 0 Å². The number of sulfonamides is 1. The predicted molar refractivity (Wildman–Crippen MR) is 97.9 cm³/mol. The highest BCUT2D eigenvalue weighted by Crippen LogP contribution is 2.19. The zero-order chi connectivity index (χ0) is 17.9. The Kier molecular flexibility index (Phi) is 5.29. The Bertz CT molecular complexity index is 843. The molecule has 0 bridgehead atoms. The Labute approximate surface area is 143 Å². The first-order valence-corrected chi connectivity index (χ1v) is 9.41. The van der Waals surface area contributed by atoms with Crippen LogP contribution in [0.1, 0.15) is 16.7 Å². The molecular formula is C18H22N2O3S. The van der Waals surface area contributed by atoms with Crippen molar-refractivity contribution in [2.24, 2.45) is 0 Å².